The summed E-state index contributed by atoms with van der Waals surface area (Å²) in [5, 5.41) is 0. The van der Waals surface area contributed by atoms with Gasteiger partial charge in [0.05, 0.1) is 0 Å². The zero-order valence-electron chi connectivity index (χ0n) is 10.4. The number of hydrogen-bond donors (Lipinski definition) is 1. The normalized spacial score (nSPS) is 21.2. The van der Waals surface area contributed by atoms with Crippen LogP contribution in [-0.4, -0.2) is 0 Å². The van der Waals surface area contributed by atoms with E-state index in [0.717, 1.165) is 18.2 Å². The molecule has 0 bridgehead atoms. The van der Waals surface area contributed by atoms with Crippen molar-refractivity contribution >= 4 is 0 Å². The minimum atomic E-state index is -0.727. The lowest BCUT2D eigenvalue weighted by Gasteiger charge is -2.30. The molecule has 0 aliphatic carbocycles. The molecule has 0 amide bonds. The highest BCUT2D eigenvalue weighted by atomic mass is 19.1. The summed E-state index contributed by atoms with van der Waals surface area (Å²) in [7, 11) is 0. The van der Waals surface area contributed by atoms with E-state index >= 15 is 0 Å². The Morgan fingerprint density at radius 1 is 0.950 bits per heavy atom. The smallest absolute Gasteiger partial charge is 0.130 e. The molecule has 20 heavy (non-hydrogen) atoms. The van der Waals surface area contributed by atoms with E-state index in [0.29, 0.717) is 12.0 Å². The second-order valence-corrected chi connectivity index (χ2v) is 4.80. The summed E-state index contributed by atoms with van der Waals surface area (Å²) in [5.74, 6) is -1.30. The fourth-order valence-electron chi connectivity index (χ4n) is 2.43. The Labute approximate surface area is 114 Å². The maximum atomic E-state index is 13.8. The lowest BCUT2D eigenvalue weighted by molar-refractivity contribution is 0.156. The highest BCUT2D eigenvalue weighted by Gasteiger charge is 2.29. The fraction of sp³-hybridized carbons (Fsp3) is 0.200. The number of rotatable bonds is 1. The number of benzene rings is 2. The average Bonchev–Trinajstić information content (AvgIpc) is 2.41. The molecule has 0 radical (unpaired) electrons. The Balaban J connectivity index is 2.00. The Kier molecular flexibility index (Phi) is 3.14. The molecule has 2 atom stereocenters. The van der Waals surface area contributed by atoms with E-state index in [9.17, 15) is 13.2 Å². The summed E-state index contributed by atoms with van der Waals surface area (Å²) >= 11 is 0. The zero-order chi connectivity index (χ0) is 14.3. The number of fused-ring (bicyclic) bond motifs is 1. The van der Waals surface area contributed by atoms with Crippen molar-refractivity contribution in [2.75, 3.05) is 0 Å². The number of nitrogens with two attached hydrogens (primary N) is 1. The lowest BCUT2D eigenvalue weighted by atomic mass is 9.93. The van der Waals surface area contributed by atoms with Gasteiger partial charge in [0, 0.05) is 29.7 Å². The molecule has 2 aromatic rings. The summed E-state index contributed by atoms with van der Waals surface area (Å²) in [5.41, 5.74) is 6.75. The molecule has 2 nitrogen and oxygen atoms in total. The van der Waals surface area contributed by atoms with Crippen LogP contribution in [0.1, 0.15) is 29.7 Å². The lowest BCUT2D eigenvalue weighted by Crippen LogP contribution is -2.25. The van der Waals surface area contributed by atoms with Gasteiger partial charge in [-0.05, 0) is 24.3 Å². The van der Waals surface area contributed by atoms with E-state index < -0.39 is 29.6 Å². The third kappa shape index (κ3) is 2.25. The first-order valence-electron chi connectivity index (χ1n) is 6.21. The van der Waals surface area contributed by atoms with Crippen LogP contribution < -0.4 is 10.5 Å². The second kappa shape index (κ2) is 4.83. The molecule has 0 spiro atoms. The van der Waals surface area contributed by atoms with Gasteiger partial charge < -0.3 is 10.5 Å². The number of hydrogen-bond acceptors (Lipinski definition) is 2. The van der Waals surface area contributed by atoms with Gasteiger partial charge in [-0.2, -0.15) is 0 Å². The third-order valence-electron chi connectivity index (χ3n) is 3.42. The van der Waals surface area contributed by atoms with Crippen LogP contribution in [0.2, 0.25) is 0 Å². The Hall–Kier alpha value is -2.01. The van der Waals surface area contributed by atoms with Crippen LogP contribution in [-0.2, 0) is 0 Å². The van der Waals surface area contributed by atoms with E-state index in [1.54, 1.807) is 6.07 Å². The van der Waals surface area contributed by atoms with E-state index in [2.05, 4.69) is 0 Å². The van der Waals surface area contributed by atoms with Gasteiger partial charge in [0.1, 0.15) is 29.3 Å². The molecule has 0 saturated carbocycles. The summed E-state index contributed by atoms with van der Waals surface area (Å²) in [6.07, 6.45) is -0.422. The van der Waals surface area contributed by atoms with Crippen molar-refractivity contribution in [1.82, 2.24) is 0 Å². The topological polar surface area (TPSA) is 35.2 Å². The standard InChI is InChI=1S/C15H12F3NO/c16-8-2-4-12(18)11(5-8)15-7-13(19)10-3-1-9(17)6-14(10)20-15/h1-6,13,15H,7,19H2/t13-,15?/m1/s1. The minimum absolute atomic E-state index is 0.0929. The molecule has 0 aromatic heterocycles. The molecule has 2 aromatic carbocycles. The Morgan fingerprint density at radius 3 is 2.45 bits per heavy atom. The first-order valence-corrected chi connectivity index (χ1v) is 6.21. The van der Waals surface area contributed by atoms with Crippen molar-refractivity contribution in [3.63, 3.8) is 0 Å². The fourth-order valence-corrected chi connectivity index (χ4v) is 2.43. The molecule has 0 saturated heterocycles. The molecule has 3 rings (SSSR count). The van der Waals surface area contributed by atoms with Gasteiger partial charge in [-0.25, -0.2) is 13.2 Å². The monoisotopic (exact) mass is 279 g/mol. The summed E-state index contributed by atoms with van der Waals surface area (Å²) < 4.78 is 45.8. The molecular weight excluding hydrogens is 267 g/mol. The molecule has 2 N–H and O–H groups in total. The van der Waals surface area contributed by atoms with E-state index in [1.165, 1.54) is 12.1 Å². The van der Waals surface area contributed by atoms with Crippen molar-refractivity contribution in [3.8, 4) is 5.75 Å². The second-order valence-electron chi connectivity index (χ2n) is 4.80. The van der Waals surface area contributed by atoms with E-state index in [1.807, 2.05) is 0 Å². The highest BCUT2D eigenvalue weighted by Crippen LogP contribution is 2.40. The van der Waals surface area contributed by atoms with Crippen LogP contribution in [0.3, 0.4) is 0 Å². The molecule has 1 aliphatic heterocycles. The van der Waals surface area contributed by atoms with Crippen molar-refractivity contribution in [3.05, 3.63) is 65.0 Å². The van der Waals surface area contributed by atoms with Gasteiger partial charge >= 0.3 is 0 Å². The van der Waals surface area contributed by atoms with Crippen LogP contribution in [0.4, 0.5) is 13.2 Å². The first kappa shape index (κ1) is 13.0. The van der Waals surface area contributed by atoms with Gasteiger partial charge in [0.15, 0.2) is 0 Å². The predicted molar refractivity (Wildman–Crippen MR) is 67.7 cm³/mol. The van der Waals surface area contributed by atoms with Gasteiger partial charge in [-0.3, -0.25) is 0 Å². The molecule has 1 aliphatic rings. The minimum Gasteiger partial charge on any atom is -0.485 e. The van der Waals surface area contributed by atoms with Crippen molar-refractivity contribution in [1.29, 1.82) is 0 Å². The van der Waals surface area contributed by atoms with Crippen molar-refractivity contribution < 1.29 is 17.9 Å². The van der Waals surface area contributed by atoms with Gasteiger partial charge in [-0.1, -0.05) is 6.07 Å². The molecular formula is C15H12F3NO. The van der Waals surface area contributed by atoms with Gasteiger partial charge in [-0.15, -0.1) is 0 Å². The maximum Gasteiger partial charge on any atom is 0.130 e. The van der Waals surface area contributed by atoms with Crippen molar-refractivity contribution in [2.45, 2.75) is 18.6 Å². The van der Waals surface area contributed by atoms with E-state index in [-0.39, 0.29) is 11.3 Å². The van der Waals surface area contributed by atoms with Gasteiger partial charge in [0.25, 0.3) is 0 Å². The van der Waals surface area contributed by atoms with Crippen LogP contribution in [0.25, 0.3) is 0 Å². The molecule has 1 unspecified atom stereocenters. The number of ether oxygens (including phenoxy) is 1. The molecule has 104 valence electrons. The largest absolute Gasteiger partial charge is 0.485 e. The predicted octanol–water partition coefficient (Wildman–Crippen LogP) is 3.63. The quantitative estimate of drug-likeness (QED) is 0.865. The molecule has 5 heteroatoms. The number of halogens is 3. The first-order chi connectivity index (χ1) is 9.54. The molecule has 0 fully saturated rings. The Bertz CT molecular complexity index is 660. The average molecular weight is 279 g/mol. The summed E-state index contributed by atoms with van der Waals surface area (Å²) in [4.78, 5) is 0. The van der Waals surface area contributed by atoms with Crippen LogP contribution in [0, 0.1) is 17.5 Å². The SMILES string of the molecule is N[C@@H]1CC(c2cc(F)ccc2F)Oc2cc(F)ccc21. The van der Waals surface area contributed by atoms with Gasteiger partial charge in [0.2, 0.25) is 0 Å². The highest BCUT2D eigenvalue weighted by molar-refractivity contribution is 5.39. The van der Waals surface area contributed by atoms with Crippen LogP contribution in [0.5, 0.6) is 5.75 Å². The summed E-state index contributed by atoms with van der Waals surface area (Å²) in [6, 6.07) is 6.80. The Morgan fingerprint density at radius 2 is 1.65 bits per heavy atom. The molecule has 1 heterocycles. The van der Waals surface area contributed by atoms with Crippen LogP contribution >= 0.6 is 0 Å². The van der Waals surface area contributed by atoms with E-state index in [4.69, 9.17) is 10.5 Å². The maximum absolute atomic E-state index is 13.8. The zero-order valence-corrected chi connectivity index (χ0v) is 10.4. The summed E-state index contributed by atoms with van der Waals surface area (Å²) in [6.45, 7) is 0. The van der Waals surface area contributed by atoms with Crippen molar-refractivity contribution in [2.24, 2.45) is 5.73 Å². The van der Waals surface area contributed by atoms with Crippen LogP contribution in [0.15, 0.2) is 36.4 Å². The third-order valence-corrected chi connectivity index (χ3v) is 3.42.